The van der Waals surface area contributed by atoms with Gasteiger partial charge >= 0.3 is 0 Å². The summed E-state index contributed by atoms with van der Waals surface area (Å²) in [6, 6.07) is 4.33. The second kappa shape index (κ2) is 6.97. The van der Waals surface area contributed by atoms with E-state index < -0.39 is 10.8 Å². The maximum atomic E-state index is 11.1. The van der Waals surface area contributed by atoms with Gasteiger partial charge in [0.25, 0.3) is 5.69 Å². The minimum atomic E-state index is -0.698. The highest BCUT2D eigenvalue weighted by Gasteiger charge is 2.19. The number of nitro benzene ring substituents is 1. The predicted octanol–water partition coefficient (Wildman–Crippen LogP) is 0.896. The third-order valence-electron chi connectivity index (χ3n) is 3.06. The lowest BCUT2D eigenvalue weighted by atomic mass is 10.1. The maximum Gasteiger partial charge on any atom is 0.274 e. The number of hydrogen-bond acceptors (Lipinski definition) is 5. The summed E-state index contributed by atoms with van der Waals surface area (Å²) in [4.78, 5) is 23.5. The Bertz CT molecular complexity index is 502. The zero-order chi connectivity index (χ0) is 15.3. The summed E-state index contributed by atoms with van der Waals surface area (Å²) in [6.07, 6.45) is 0. The van der Waals surface area contributed by atoms with Crippen molar-refractivity contribution in [1.82, 2.24) is 4.90 Å². The van der Waals surface area contributed by atoms with Crippen LogP contribution in [0.25, 0.3) is 0 Å². The lowest BCUT2D eigenvalue weighted by Crippen LogP contribution is -2.33. The third-order valence-corrected chi connectivity index (χ3v) is 3.06. The molecule has 0 spiro atoms. The minimum absolute atomic E-state index is 0.0225. The van der Waals surface area contributed by atoms with E-state index >= 15 is 0 Å². The average molecular weight is 281 g/mol. The first kappa shape index (κ1) is 16.1. The summed E-state index contributed by atoms with van der Waals surface area (Å²) in [6.45, 7) is 4.61. The number of carbonyl (C=O) groups is 1. The van der Waals surface area contributed by atoms with Gasteiger partial charge in [-0.2, -0.15) is 0 Å². The van der Waals surface area contributed by atoms with Crippen LogP contribution in [0.2, 0.25) is 0 Å². The Morgan fingerprint density at radius 3 is 2.60 bits per heavy atom. The topological polar surface area (TPSA) is 110 Å². The number of benzene rings is 1. The molecular weight excluding hydrogens is 262 g/mol. The molecular formula is C13H19N3O4. The molecule has 0 aliphatic rings. The van der Waals surface area contributed by atoms with E-state index in [0.29, 0.717) is 18.7 Å². The van der Waals surface area contributed by atoms with Crippen LogP contribution in [0.1, 0.15) is 29.8 Å². The molecule has 0 radical (unpaired) electrons. The Hall–Kier alpha value is -1.99. The van der Waals surface area contributed by atoms with Crippen molar-refractivity contribution in [2.45, 2.75) is 26.4 Å². The summed E-state index contributed by atoms with van der Waals surface area (Å²) in [5, 5.41) is 20.1. The molecule has 0 atom stereocenters. The fourth-order valence-electron chi connectivity index (χ4n) is 1.89. The molecule has 0 saturated heterocycles. The van der Waals surface area contributed by atoms with Gasteiger partial charge in [0.2, 0.25) is 5.91 Å². The number of primary amides is 1. The number of nitro groups is 1. The van der Waals surface area contributed by atoms with Gasteiger partial charge in [-0.3, -0.25) is 19.8 Å². The largest absolute Gasteiger partial charge is 0.395 e. The highest BCUT2D eigenvalue weighted by molar-refractivity contribution is 5.93. The molecule has 7 heteroatoms. The highest BCUT2D eigenvalue weighted by Crippen LogP contribution is 2.22. The monoisotopic (exact) mass is 281 g/mol. The smallest absolute Gasteiger partial charge is 0.274 e. The van der Waals surface area contributed by atoms with E-state index in [0.717, 1.165) is 0 Å². The summed E-state index contributed by atoms with van der Waals surface area (Å²) in [7, 11) is 0. The first-order chi connectivity index (χ1) is 9.36. The average Bonchev–Trinajstić information content (AvgIpc) is 2.37. The van der Waals surface area contributed by atoms with Crippen molar-refractivity contribution in [2.75, 3.05) is 13.2 Å². The first-order valence-electron chi connectivity index (χ1n) is 6.28. The molecule has 20 heavy (non-hydrogen) atoms. The van der Waals surface area contributed by atoms with Crippen LogP contribution in [-0.2, 0) is 6.54 Å². The predicted molar refractivity (Wildman–Crippen MR) is 74.2 cm³/mol. The molecule has 1 aromatic carbocycles. The molecule has 0 saturated carbocycles. The van der Waals surface area contributed by atoms with Crippen LogP contribution < -0.4 is 5.73 Å². The number of aliphatic hydroxyl groups excluding tert-OH is 1. The van der Waals surface area contributed by atoms with Crippen molar-refractivity contribution in [3.8, 4) is 0 Å². The Kier molecular flexibility index (Phi) is 5.60. The van der Waals surface area contributed by atoms with Crippen LogP contribution >= 0.6 is 0 Å². The molecule has 1 rings (SSSR count). The van der Waals surface area contributed by atoms with Gasteiger partial charge in [-0.25, -0.2) is 0 Å². The molecule has 0 aliphatic carbocycles. The van der Waals surface area contributed by atoms with E-state index in [9.17, 15) is 14.9 Å². The molecule has 0 fully saturated rings. The fourth-order valence-corrected chi connectivity index (χ4v) is 1.89. The fraction of sp³-hybridized carbons (Fsp3) is 0.462. The molecule has 0 heterocycles. The van der Waals surface area contributed by atoms with Crippen LogP contribution in [0.15, 0.2) is 18.2 Å². The second-order valence-corrected chi connectivity index (χ2v) is 4.75. The standard InChI is InChI=1S/C13H19N3O4/c1-9(2)15(5-6-17)8-11-4-3-10(13(14)18)7-12(11)16(19)20/h3-4,7,9,17H,5-6,8H2,1-2H3,(H2,14,18). The third kappa shape index (κ3) is 4.01. The van der Waals surface area contributed by atoms with Crippen LogP contribution in [0.4, 0.5) is 5.69 Å². The van der Waals surface area contributed by atoms with Crippen molar-refractivity contribution in [3.05, 3.63) is 39.4 Å². The minimum Gasteiger partial charge on any atom is -0.395 e. The van der Waals surface area contributed by atoms with Gasteiger partial charge in [-0.05, 0) is 19.9 Å². The number of aliphatic hydroxyl groups is 1. The van der Waals surface area contributed by atoms with Gasteiger partial charge in [-0.1, -0.05) is 6.07 Å². The van der Waals surface area contributed by atoms with E-state index in [1.165, 1.54) is 18.2 Å². The Labute approximate surface area is 117 Å². The molecule has 1 amide bonds. The summed E-state index contributed by atoms with van der Waals surface area (Å²) < 4.78 is 0. The van der Waals surface area contributed by atoms with Crippen molar-refractivity contribution in [3.63, 3.8) is 0 Å². The lowest BCUT2D eigenvalue weighted by molar-refractivity contribution is -0.385. The van der Waals surface area contributed by atoms with Gasteiger partial charge in [-0.15, -0.1) is 0 Å². The zero-order valence-corrected chi connectivity index (χ0v) is 11.6. The van der Waals surface area contributed by atoms with Gasteiger partial charge in [0.15, 0.2) is 0 Å². The molecule has 0 aromatic heterocycles. The van der Waals surface area contributed by atoms with Gasteiger partial charge in [0, 0.05) is 36.3 Å². The van der Waals surface area contributed by atoms with Crippen molar-refractivity contribution < 1.29 is 14.8 Å². The number of hydrogen-bond donors (Lipinski definition) is 2. The van der Waals surface area contributed by atoms with Crippen molar-refractivity contribution >= 4 is 11.6 Å². The molecule has 0 bridgehead atoms. The van der Waals surface area contributed by atoms with Gasteiger partial charge < -0.3 is 10.8 Å². The Morgan fingerprint density at radius 2 is 2.15 bits per heavy atom. The molecule has 110 valence electrons. The normalized spacial score (nSPS) is 11.1. The first-order valence-corrected chi connectivity index (χ1v) is 6.28. The molecule has 0 aliphatic heterocycles. The number of nitrogens with zero attached hydrogens (tertiary/aromatic N) is 2. The van der Waals surface area contributed by atoms with E-state index in [1.54, 1.807) is 0 Å². The van der Waals surface area contributed by atoms with E-state index in [1.807, 2.05) is 18.7 Å². The summed E-state index contributed by atoms with van der Waals surface area (Å²) in [5.74, 6) is -0.698. The molecule has 7 nitrogen and oxygen atoms in total. The summed E-state index contributed by atoms with van der Waals surface area (Å²) >= 11 is 0. The number of rotatable bonds is 7. The number of carbonyl (C=O) groups excluding carboxylic acids is 1. The molecule has 1 aromatic rings. The van der Waals surface area contributed by atoms with Crippen LogP contribution in [-0.4, -0.2) is 40.0 Å². The van der Waals surface area contributed by atoms with E-state index in [2.05, 4.69) is 0 Å². The summed E-state index contributed by atoms with van der Waals surface area (Å²) in [5.41, 5.74) is 5.59. The van der Waals surface area contributed by atoms with E-state index in [4.69, 9.17) is 10.8 Å². The quantitative estimate of drug-likeness (QED) is 0.570. The van der Waals surface area contributed by atoms with Crippen LogP contribution in [0.5, 0.6) is 0 Å². The maximum absolute atomic E-state index is 11.1. The van der Waals surface area contributed by atoms with Gasteiger partial charge in [0.1, 0.15) is 0 Å². The number of nitrogens with two attached hydrogens (primary N) is 1. The molecule has 0 unspecified atom stereocenters. The second-order valence-electron chi connectivity index (χ2n) is 4.75. The van der Waals surface area contributed by atoms with E-state index in [-0.39, 0.29) is 23.9 Å². The zero-order valence-electron chi connectivity index (χ0n) is 11.6. The highest BCUT2D eigenvalue weighted by atomic mass is 16.6. The number of amides is 1. The van der Waals surface area contributed by atoms with Crippen molar-refractivity contribution in [1.29, 1.82) is 0 Å². The van der Waals surface area contributed by atoms with Gasteiger partial charge in [0.05, 0.1) is 11.5 Å². The molecule has 3 N–H and O–H groups in total. The Morgan fingerprint density at radius 1 is 1.50 bits per heavy atom. The van der Waals surface area contributed by atoms with Crippen LogP contribution in [0.3, 0.4) is 0 Å². The Balaban J connectivity index is 3.10. The van der Waals surface area contributed by atoms with Crippen LogP contribution in [0, 0.1) is 10.1 Å². The van der Waals surface area contributed by atoms with Crippen molar-refractivity contribution in [2.24, 2.45) is 5.73 Å². The SMILES string of the molecule is CC(C)N(CCO)Cc1ccc(C(N)=O)cc1[N+](=O)[O-]. The lowest BCUT2D eigenvalue weighted by Gasteiger charge is -2.25.